The molecule has 0 amide bonds. The number of benzene rings is 1. The lowest BCUT2D eigenvalue weighted by Gasteiger charge is -2.28. The second kappa shape index (κ2) is 5.60. The SMILES string of the molecule is CC1(C)Cc2ccc(Cl)cc2C1NCCCCO. The predicted molar refractivity (Wildman–Crippen MR) is 76.0 cm³/mol. The number of hydrogen-bond donors (Lipinski definition) is 2. The number of rotatable bonds is 5. The molecule has 1 aromatic rings. The topological polar surface area (TPSA) is 32.3 Å². The standard InChI is InChI=1S/C15H22ClNO/c1-15(2)10-11-5-6-12(16)9-13(11)14(15)17-7-3-4-8-18/h5-6,9,14,17-18H,3-4,7-8,10H2,1-2H3. The minimum Gasteiger partial charge on any atom is -0.396 e. The molecule has 0 saturated heterocycles. The molecule has 0 fully saturated rings. The number of aliphatic hydroxyl groups is 1. The van der Waals surface area contributed by atoms with Gasteiger partial charge < -0.3 is 10.4 Å². The summed E-state index contributed by atoms with van der Waals surface area (Å²) >= 11 is 6.10. The molecular formula is C15H22ClNO. The molecule has 0 bridgehead atoms. The molecule has 18 heavy (non-hydrogen) atoms. The van der Waals surface area contributed by atoms with Crippen LogP contribution >= 0.6 is 11.6 Å². The van der Waals surface area contributed by atoms with Crippen molar-refractivity contribution in [1.29, 1.82) is 0 Å². The highest BCUT2D eigenvalue weighted by Gasteiger charge is 2.38. The molecule has 1 atom stereocenters. The van der Waals surface area contributed by atoms with Gasteiger partial charge in [-0.3, -0.25) is 0 Å². The Bertz CT molecular complexity index is 417. The molecule has 1 aliphatic carbocycles. The van der Waals surface area contributed by atoms with Crippen LogP contribution in [0.15, 0.2) is 18.2 Å². The number of hydrogen-bond acceptors (Lipinski definition) is 2. The van der Waals surface area contributed by atoms with E-state index < -0.39 is 0 Å². The van der Waals surface area contributed by atoms with Crippen LogP contribution in [0.25, 0.3) is 0 Å². The van der Waals surface area contributed by atoms with Gasteiger partial charge in [0.05, 0.1) is 0 Å². The van der Waals surface area contributed by atoms with Crippen molar-refractivity contribution in [3.05, 3.63) is 34.3 Å². The Hall–Kier alpha value is -0.570. The number of nitrogens with one attached hydrogen (secondary N) is 1. The second-order valence-electron chi connectivity index (χ2n) is 5.83. The minimum atomic E-state index is 0.228. The fourth-order valence-electron chi connectivity index (χ4n) is 2.88. The minimum absolute atomic E-state index is 0.228. The van der Waals surface area contributed by atoms with Crippen molar-refractivity contribution in [3.8, 4) is 0 Å². The van der Waals surface area contributed by atoms with Gasteiger partial charge in [-0.15, -0.1) is 0 Å². The molecule has 0 heterocycles. The van der Waals surface area contributed by atoms with Gasteiger partial charge >= 0.3 is 0 Å². The Kier molecular flexibility index (Phi) is 4.31. The van der Waals surface area contributed by atoms with Crippen molar-refractivity contribution in [2.24, 2.45) is 5.41 Å². The van der Waals surface area contributed by atoms with Crippen LogP contribution in [0.3, 0.4) is 0 Å². The monoisotopic (exact) mass is 267 g/mol. The van der Waals surface area contributed by atoms with Crippen LogP contribution in [-0.2, 0) is 6.42 Å². The largest absolute Gasteiger partial charge is 0.396 e. The third-order valence-electron chi connectivity index (χ3n) is 3.78. The Labute approximate surface area is 114 Å². The Morgan fingerprint density at radius 3 is 2.89 bits per heavy atom. The highest BCUT2D eigenvalue weighted by molar-refractivity contribution is 6.30. The highest BCUT2D eigenvalue weighted by atomic mass is 35.5. The third kappa shape index (κ3) is 2.87. The van der Waals surface area contributed by atoms with Gasteiger partial charge in [-0.25, -0.2) is 0 Å². The number of aliphatic hydroxyl groups excluding tert-OH is 1. The van der Waals surface area contributed by atoms with E-state index in [1.165, 1.54) is 11.1 Å². The molecular weight excluding hydrogens is 246 g/mol. The van der Waals surface area contributed by atoms with E-state index >= 15 is 0 Å². The first-order valence-corrected chi connectivity index (χ1v) is 7.05. The van der Waals surface area contributed by atoms with Gasteiger partial charge in [-0.05, 0) is 54.5 Å². The van der Waals surface area contributed by atoms with E-state index in [1.807, 2.05) is 6.07 Å². The maximum absolute atomic E-state index is 8.81. The van der Waals surface area contributed by atoms with Crippen LogP contribution in [-0.4, -0.2) is 18.3 Å². The molecule has 0 saturated carbocycles. The molecule has 1 aliphatic rings. The van der Waals surface area contributed by atoms with Crippen molar-refractivity contribution < 1.29 is 5.11 Å². The van der Waals surface area contributed by atoms with E-state index in [0.717, 1.165) is 30.8 Å². The number of unbranched alkanes of at least 4 members (excludes halogenated alkanes) is 1. The van der Waals surface area contributed by atoms with E-state index in [2.05, 4.69) is 31.3 Å². The van der Waals surface area contributed by atoms with Crippen LogP contribution in [0.5, 0.6) is 0 Å². The summed E-state index contributed by atoms with van der Waals surface area (Å²) in [5.74, 6) is 0. The molecule has 3 heteroatoms. The fraction of sp³-hybridized carbons (Fsp3) is 0.600. The van der Waals surface area contributed by atoms with E-state index in [0.29, 0.717) is 6.04 Å². The molecule has 0 spiro atoms. The molecule has 0 aromatic heterocycles. The summed E-state index contributed by atoms with van der Waals surface area (Å²) in [4.78, 5) is 0. The average Bonchev–Trinajstić information content (AvgIpc) is 2.55. The van der Waals surface area contributed by atoms with Crippen LogP contribution in [0.2, 0.25) is 5.02 Å². The zero-order valence-electron chi connectivity index (χ0n) is 11.2. The van der Waals surface area contributed by atoms with Gasteiger partial charge in [0.1, 0.15) is 0 Å². The van der Waals surface area contributed by atoms with Crippen LogP contribution in [0, 0.1) is 5.41 Å². The zero-order chi connectivity index (χ0) is 13.2. The Morgan fingerprint density at radius 1 is 1.39 bits per heavy atom. The maximum Gasteiger partial charge on any atom is 0.0431 e. The maximum atomic E-state index is 8.81. The van der Waals surface area contributed by atoms with Crippen LogP contribution < -0.4 is 5.32 Å². The molecule has 2 rings (SSSR count). The van der Waals surface area contributed by atoms with Gasteiger partial charge in [-0.1, -0.05) is 31.5 Å². The first kappa shape index (κ1) is 13.9. The first-order chi connectivity index (χ1) is 8.54. The van der Waals surface area contributed by atoms with E-state index in [4.69, 9.17) is 16.7 Å². The highest BCUT2D eigenvalue weighted by Crippen LogP contribution is 2.45. The molecule has 100 valence electrons. The van der Waals surface area contributed by atoms with Crippen molar-refractivity contribution in [2.75, 3.05) is 13.2 Å². The van der Waals surface area contributed by atoms with Crippen LogP contribution in [0.1, 0.15) is 43.9 Å². The summed E-state index contributed by atoms with van der Waals surface area (Å²) in [6.45, 7) is 5.81. The van der Waals surface area contributed by atoms with Crippen molar-refractivity contribution in [2.45, 2.75) is 39.2 Å². The quantitative estimate of drug-likeness (QED) is 0.802. The average molecular weight is 268 g/mol. The number of halogens is 1. The Balaban J connectivity index is 2.10. The molecule has 2 N–H and O–H groups in total. The van der Waals surface area contributed by atoms with E-state index in [9.17, 15) is 0 Å². The first-order valence-electron chi connectivity index (χ1n) is 6.67. The molecule has 1 unspecified atom stereocenters. The summed E-state index contributed by atoms with van der Waals surface area (Å²) in [6.07, 6.45) is 2.97. The van der Waals surface area contributed by atoms with Gasteiger partial charge in [0, 0.05) is 17.7 Å². The molecule has 2 nitrogen and oxygen atoms in total. The summed E-state index contributed by atoms with van der Waals surface area (Å²) in [5.41, 5.74) is 2.98. The Morgan fingerprint density at radius 2 is 2.17 bits per heavy atom. The lowest BCUT2D eigenvalue weighted by Crippen LogP contribution is -2.31. The normalized spacial score (nSPS) is 21.0. The summed E-state index contributed by atoms with van der Waals surface area (Å²) in [5, 5.41) is 13.2. The predicted octanol–water partition coefficient (Wildman–Crippen LogP) is 3.33. The zero-order valence-corrected chi connectivity index (χ0v) is 11.9. The van der Waals surface area contributed by atoms with Crippen molar-refractivity contribution in [3.63, 3.8) is 0 Å². The summed E-state index contributed by atoms with van der Waals surface area (Å²) in [7, 11) is 0. The number of fused-ring (bicyclic) bond motifs is 1. The summed E-state index contributed by atoms with van der Waals surface area (Å²) in [6, 6.07) is 6.58. The second-order valence-corrected chi connectivity index (χ2v) is 6.26. The third-order valence-corrected chi connectivity index (χ3v) is 4.01. The molecule has 1 aromatic carbocycles. The molecule has 0 radical (unpaired) electrons. The van der Waals surface area contributed by atoms with Crippen LogP contribution in [0.4, 0.5) is 0 Å². The van der Waals surface area contributed by atoms with Gasteiger partial charge in [-0.2, -0.15) is 0 Å². The smallest absolute Gasteiger partial charge is 0.0431 e. The van der Waals surface area contributed by atoms with E-state index in [-0.39, 0.29) is 12.0 Å². The van der Waals surface area contributed by atoms with Gasteiger partial charge in [0.25, 0.3) is 0 Å². The lowest BCUT2D eigenvalue weighted by molar-refractivity contribution is 0.257. The van der Waals surface area contributed by atoms with Gasteiger partial charge in [0.15, 0.2) is 0 Å². The van der Waals surface area contributed by atoms with Crippen molar-refractivity contribution in [1.82, 2.24) is 5.32 Å². The fourth-order valence-corrected chi connectivity index (χ4v) is 3.06. The van der Waals surface area contributed by atoms with E-state index in [1.54, 1.807) is 0 Å². The van der Waals surface area contributed by atoms with Gasteiger partial charge in [0.2, 0.25) is 0 Å². The summed E-state index contributed by atoms with van der Waals surface area (Å²) < 4.78 is 0. The lowest BCUT2D eigenvalue weighted by atomic mass is 9.85. The molecule has 0 aliphatic heterocycles. The van der Waals surface area contributed by atoms with Crippen molar-refractivity contribution >= 4 is 11.6 Å².